The number of hydrogen-bond acceptors (Lipinski definition) is 6. The van der Waals surface area contributed by atoms with E-state index < -0.39 is 0 Å². The Kier molecular flexibility index (Phi) is 4.48. The highest BCUT2D eigenvalue weighted by Gasteiger charge is 2.32. The van der Waals surface area contributed by atoms with Crippen LogP contribution in [0.25, 0.3) is 11.3 Å². The number of phenols is 1. The van der Waals surface area contributed by atoms with Gasteiger partial charge in [0.1, 0.15) is 11.4 Å². The van der Waals surface area contributed by atoms with Gasteiger partial charge in [-0.3, -0.25) is 4.90 Å². The van der Waals surface area contributed by atoms with E-state index in [1.165, 1.54) is 25.8 Å². The first-order chi connectivity index (χ1) is 12.6. The lowest BCUT2D eigenvalue weighted by Crippen LogP contribution is -2.43. The minimum atomic E-state index is 0.0905. The van der Waals surface area contributed by atoms with Gasteiger partial charge in [0.05, 0.1) is 5.69 Å². The van der Waals surface area contributed by atoms with Crippen LogP contribution >= 0.6 is 0 Å². The van der Waals surface area contributed by atoms with E-state index >= 15 is 0 Å². The smallest absolute Gasteiger partial charge is 0.243 e. The first-order valence-corrected chi connectivity index (χ1v) is 9.16. The van der Waals surface area contributed by atoms with Crippen molar-refractivity contribution in [1.82, 2.24) is 20.1 Å². The molecule has 0 spiro atoms. The normalized spacial score (nSPS) is 20.5. The van der Waals surface area contributed by atoms with Crippen LogP contribution in [0.4, 0.5) is 5.95 Å². The largest absolute Gasteiger partial charge is 0.507 e. The predicted molar refractivity (Wildman–Crippen MR) is 101 cm³/mol. The van der Waals surface area contributed by atoms with Crippen molar-refractivity contribution in [2.45, 2.75) is 44.7 Å². The van der Waals surface area contributed by atoms with Crippen LogP contribution < -0.4 is 5.32 Å². The van der Waals surface area contributed by atoms with Gasteiger partial charge in [-0.25, -0.2) is 4.98 Å². The van der Waals surface area contributed by atoms with Crippen molar-refractivity contribution >= 4 is 5.95 Å². The number of aryl methyl sites for hydroxylation is 1. The molecular weight excluding hydrogens is 326 g/mol. The van der Waals surface area contributed by atoms with Crippen molar-refractivity contribution < 1.29 is 5.11 Å². The highest BCUT2D eigenvalue weighted by atomic mass is 16.3. The van der Waals surface area contributed by atoms with Crippen molar-refractivity contribution in [2.24, 2.45) is 0 Å². The van der Waals surface area contributed by atoms with E-state index in [2.05, 4.69) is 31.3 Å². The van der Waals surface area contributed by atoms with Crippen LogP contribution in [-0.2, 0) is 0 Å². The molecule has 4 rings (SSSR count). The van der Waals surface area contributed by atoms with Gasteiger partial charge in [-0.2, -0.15) is 0 Å². The number of hydrogen-bond donors (Lipinski definition) is 2. The summed E-state index contributed by atoms with van der Waals surface area (Å²) >= 11 is 0. The number of likely N-dealkylation sites (tertiary alicyclic amines) is 1. The number of phenolic OH excluding ortho intramolecular Hbond substituents is 1. The summed E-state index contributed by atoms with van der Waals surface area (Å²) in [7, 11) is 0. The van der Waals surface area contributed by atoms with Crippen molar-refractivity contribution in [1.29, 1.82) is 0 Å². The maximum Gasteiger partial charge on any atom is 0.243 e. The molecule has 2 fully saturated rings. The lowest BCUT2D eigenvalue weighted by molar-refractivity contribution is 0.207. The topological polar surface area (TPSA) is 74.2 Å². The third kappa shape index (κ3) is 3.49. The van der Waals surface area contributed by atoms with Crippen LogP contribution in [0.5, 0.6) is 5.75 Å². The van der Waals surface area contributed by atoms with Gasteiger partial charge in [-0.1, -0.05) is 5.92 Å². The van der Waals surface area contributed by atoms with Gasteiger partial charge in [-0.15, -0.1) is 16.6 Å². The number of benzene rings is 1. The van der Waals surface area contributed by atoms with E-state index in [1.54, 1.807) is 18.2 Å². The average Bonchev–Trinajstić information content (AvgIpc) is 3.48. The standard InChI is InChI=1S/C20H23N5O/c1-3-14-6-9-17(18(26)11-14)19-13(2)21-20(24-23-19)22-15-5-4-10-25(12-15)16-7-8-16/h1,6,9,11,15-16,26H,4-5,7-8,10,12H2,2H3,(H,21,22,24)/t15-/m1/s1. The molecular formula is C20H23N5O. The first kappa shape index (κ1) is 16.8. The second-order valence-electron chi connectivity index (χ2n) is 7.16. The molecule has 0 unspecified atom stereocenters. The van der Waals surface area contributed by atoms with Crippen molar-refractivity contribution in [3.05, 3.63) is 29.5 Å². The number of rotatable bonds is 4. The zero-order valence-electron chi connectivity index (χ0n) is 14.9. The van der Waals surface area contributed by atoms with Crippen LogP contribution in [0.2, 0.25) is 0 Å². The molecule has 6 nitrogen and oxygen atoms in total. The minimum Gasteiger partial charge on any atom is -0.507 e. The number of nitrogens with one attached hydrogen (secondary N) is 1. The van der Waals surface area contributed by atoms with E-state index in [0.717, 1.165) is 24.7 Å². The van der Waals surface area contributed by atoms with Crippen LogP contribution in [0.15, 0.2) is 18.2 Å². The van der Waals surface area contributed by atoms with Crippen molar-refractivity contribution in [3.8, 4) is 29.4 Å². The third-order valence-corrected chi connectivity index (χ3v) is 5.13. The molecule has 134 valence electrons. The molecule has 1 aliphatic heterocycles. The number of aromatic nitrogens is 3. The Balaban J connectivity index is 1.50. The Labute approximate surface area is 153 Å². The van der Waals surface area contributed by atoms with Crippen LogP contribution in [0, 0.1) is 19.3 Å². The summed E-state index contributed by atoms with van der Waals surface area (Å²) in [5.41, 5.74) is 2.51. The lowest BCUT2D eigenvalue weighted by atomic mass is 10.1. The average molecular weight is 349 g/mol. The molecule has 2 aliphatic rings. The van der Waals surface area contributed by atoms with E-state index in [-0.39, 0.29) is 5.75 Å². The quantitative estimate of drug-likeness (QED) is 0.827. The Morgan fingerprint density at radius 3 is 2.81 bits per heavy atom. The molecule has 1 aromatic heterocycles. The zero-order chi connectivity index (χ0) is 18.1. The number of terminal acetylenes is 1. The molecule has 1 saturated heterocycles. The highest BCUT2D eigenvalue weighted by Crippen LogP contribution is 2.31. The Morgan fingerprint density at radius 2 is 2.12 bits per heavy atom. The molecule has 0 amide bonds. The molecule has 2 heterocycles. The fraction of sp³-hybridized carbons (Fsp3) is 0.450. The first-order valence-electron chi connectivity index (χ1n) is 9.16. The van der Waals surface area contributed by atoms with Gasteiger partial charge in [0.15, 0.2) is 0 Å². The molecule has 0 radical (unpaired) electrons. The van der Waals surface area contributed by atoms with Crippen LogP contribution in [0.1, 0.15) is 36.9 Å². The Bertz CT molecular complexity index is 856. The second kappa shape index (κ2) is 6.93. The fourth-order valence-electron chi connectivity index (χ4n) is 3.61. The molecule has 0 bridgehead atoms. The molecule has 1 aromatic carbocycles. The van der Waals surface area contributed by atoms with Gasteiger partial charge in [0, 0.05) is 29.8 Å². The molecule has 1 aliphatic carbocycles. The number of nitrogens with zero attached hydrogens (tertiary/aromatic N) is 4. The third-order valence-electron chi connectivity index (χ3n) is 5.13. The summed E-state index contributed by atoms with van der Waals surface area (Å²) < 4.78 is 0. The molecule has 1 atom stereocenters. The summed E-state index contributed by atoms with van der Waals surface area (Å²) in [6, 6.07) is 6.23. The monoisotopic (exact) mass is 349 g/mol. The van der Waals surface area contributed by atoms with Gasteiger partial charge < -0.3 is 10.4 Å². The molecule has 6 heteroatoms. The van der Waals surface area contributed by atoms with Gasteiger partial charge in [-0.05, 0) is 57.4 Å². The fourth-order valence-corrected chi connectivity index (χ4v) is 3.61. The highest BCUT2D eigenvalue weighted by molar-refractivity contribution is 5.69. The lowest BCUT2D eigenvalue weighted by Gasteiger charge is -2.33. The van der Waals surface area contributed by atoms with Crippen LogP contribution in [0.3, 0.4) is 0 Å². The van der Waals surface area contributed by atoms with E-state index in [0.29, 0.717) is 28.8 Å². The van der Waals surface area contributed by atoms with Gasteiger partial charge in [0.25, 0.3) is 0 Å². The second-order valence-corrected chi connectivity index (χ2v) is 7.16. The Hall–Kier alpha value is -2.65. The molecule has 2 aromatic rings. The van der Waals surface area contributed by atoms with Crippen molar-refractivity contribution in [3.63, 3.8) is 0 Å². The zero-order valence-corrected chi connectivity index (χ0v) is 14.9. The van der Waals surface area contributed by atoms with Crippen LogP contribution in [-0.4, -0.2) is 50.4 Å². The summed E-state index contributed by atoms with van der Waals surface area (Å²) in [5, 5.41) is 22.2. The maximum absolute atomic E-state index is 10.2. The molecule has 2 N–H and O–H groups in total. The Morgan fingerprint density at radius 1 is 1.27 bits per heavy atom. The summed E-state index contributed by atoms with van der Waals surface area (Å²) in [4.78, 5) is 7.13. The predicted octanol–water partition coefficient (Wildman–Crippen LogP) is 2.57. The van der Waals surface area contributed by atoms with E-state index in [9.17, 15) is 5.11 Å². The van der Waals surface area contributed by atoms with E-state index in [4.69, 9.17) is 6.42 Å². The number of anilines is 1. The summed E-state index contributed by atoms with van der Waals surface area (Å²) in [5.74, 6) is 3.15. The minimum absolute atomic E-state index is 0.0905. The summed E-state index contributed by atoms with van der Waals surface area (Å²) in [6.07, 6.45) is 10.4. The van der Waals surface area contributed by atoms with E-state index in [1.807, 2.05) is 6.92 Å². The maximum atomic E-state index is 10.2. The SMILES string of the molecule is C#Cc1ccc(-c2nnc(N[C@@H]3CCCN(C4CC4)C3)nc2C)c(O)c1. The number of aromatic hydroxyl groups is 1. The summed E-state index contributed by atoms with van der Waals surface area (Å²) in [6.45, 7) is 4.12. The number of piperidine rings is 1. The van der Waals surface area contributed by atoms with Gasteiger partial charge >= 0.3 is 0 Å². The van der Waals surface area contributed by atoms with Gasteiger partial charge in [0.2, 0.25) is 5.95 Å². The molecule has 1 saturated carbocycles. The molecule has 26 heavy (non-hydrogen) atoms. The van der Waals surface area contributed by atoms with Crippen molar-refractivity contribution in [2.75, 3.05) is 18.4 Å².